The van der Waals surface area contributed by atoms with Crippen molar-refractivity contribution in [1.29, 1.82) is 0 Å². The Bertz CT molecular complexity index is 389. The third kappa shape index (κ3) is 5.09. The van der Waals surface area contributed by atoms with Gasteiger partial charge in [-0.3, -0.25) is 0 Å². The Hall–Kier alpha value is -0.0500. The van der Waals surface area contributed by atoms with E-state index in [1.807, 2.05) is 6.92 Å². The molecule has 1 fully saturated rings. The molecule has 0 N–H and O–H groups in total. The maximum atomic E-state index is 12.4. The van der Waals surface area contributed by atoms with Crippen LogP contribution in [0, 0.1) is 5.92 Å². The summed E-state index contributed by atoms with van der Waals surface area (Å²) in [7, 11) is -4.09. The molecule has 1 rings (SSSR count). The minimum atomic E-state index is -4.57. The van der Waals surface area contributed by atoms with Gasteiger partial charge < -0.3 is 0 Å². The Labute approximate surface area is 116 Å². The molecule has 0 amide bonds. The van der Waals surface area contributed by atoms with Crippen molar-refractivity contribution in [1.82, 2.24) is 8.61 Å². The van der Waals surface area contributed by atoms with E-state index in [1.54, 1.807) is 0 Å². The fourth-order valence-electron chi connectivity index (χ4n) is 2.09. The van der Waals surface area contributed by atoms with E-state index in [2.05, 4.69) is 0 Å². The lowest BCUT2D eigenvalue weighted by Gasteiger charge is -2.34. The highest BCUT2D eigenvalue weighted by atomic mass is 35.5. The van der Waals surface area contributed by atoms with Gasteiger partial charge in [0.25, 0.3) is 10.2 Å². The third-order valence-corrected chi connectivity index (χ3v) is 5.08. The van der Waals surface area contributed by atoms with E-state index < -0.39 is 22.9 Å². The number of nitrogens with zero attached hydrogens (tertiary/aromatic N) is 2. The molecule has 1 aliphatic heterocycles. The van der Waals surface area contributed by atoms with Crippen molar-refractivity contribution < 1.29 is 21.6 Å². The van der Waals surface area contributed by atoms with Gasteiger partial charge in [-0.25, -0.2) is 0 Å². The topological polar surface area (TPSA) is 40.6 Å². The zero-order valence-electron chi connectivity index (χ0n) is 10.7. The first-order valence-corrected chi connectivity index (χ1v) is 7.98. The van der Waals surface area contributed by atoms with Crippen LogP contribution in [-0.2, 0) is 10.2 Å². The van der Waals surface area contributed by atoms with E-state index in [0.717, 1.165) is 10.7 Å². The number of piperidine rings is 1. The van der Waals surface area contributed by atoms with Crippen molar-refractivity contribution in [2.75, 3.05) is 32.1 Å². The molecule has 4 nitrogen and oxygen atoms in total. The van der Waals surface area contributed by atoms with Crippen LogP contribution in [0.4, 0.5) is 13.2 Å². The highest BCUT2D eigenvalue weighted by molar-refractivity contribution is 7.86. The van der Waals surface area contributed by atoms with Gasteiger partial charge in [0.1, 0.15) is 6.54 Å². The molecule has 1 aliphatic rings. The van der Waals surface area contributed by atoms with E-state index in [0.29, 0.717) is 10.7 Å². The Morgan fingerprint density at radius 3 is 2.53 bits per heavy atom. The summed E-state index contributed by atoms with van der Waals surface area (Å²) in [4.78, 5) is 0. The molecular weight excluding hydrogens is 305 g/mol. The maximum Gasteiger partial charge on any atom is 0.402 e. The SMILES string of the molecule is CC1CCCN(S(=O)(=O)N(CCCl)CC(F)(F)F)C1. The van der Waals surface area contributed by atoms with Crippen LogP contribution in [0.3, 0.4) is 0 Å². The van der Waals surface area contributed by atoms with Gasteiger partial charge in [0.15, 0.2) is 0 Å². The first-order valence-electron chi connectivity index (χ1n) is 6.05. The van der Waals surface area contributed by atoms with Crippen LogP contribution in [0.2, 0.25) is 0 Å². The van der Waals surface area contributed by atoms with Gasteiger partial charge in [-0.2, -0.15) is 30.2 Å². The van der Waals surface area contributed by atoms with E-state index in [1.165, 1.54) is 0 Å². The Kier molecular flexibility index (Phi) is 5.91. The molecule has 0 spiro atoms. The number of hydrogen-bond donors (Lipinski definition) is 0. The minimum Gasteiger partial charge on any atom is -0.195 e. The molecule has 1 saturated heterocycles. The lowest BCUT2D eigenvalue weighted by molar-refractivity contribution is -0.136. The van der Waals surface area contributed by atoms with Gasteiger partial charge in [0.2, 0.25) is 0 Å². The van der Waals surface area contributed by atoms with Crippen molar-refractivity contribution in [3.05, 3.63) is 0 Å². The zero-order chi connectivity index (χ0) is 14.7. The van der Waals surface area contributed by atoms with Gasteiger partial charge in [0.05, 0.1) is 0 Å². The van der Waals surface area contributed by atoms with Crippen LogP contribution < -0.4 is 0 Å². The lowest BCUT2D eigenvalue weighted by atomic mass is 10.0. The Morgan fingerprint density at radius 1 is 1.42 bits per heavy atom. The van der Waals surface area contributed by atoms with Gasteiger partial charge in [-0.1, -0.05) is 6.92 Å². The molecule has 0 aromatic carbocycles. The Balaban J connectivity index is 2.86. The smallest absolute Gasteiger partial charge is 0.195 e. The molecule has 0 saturated carbocycles. The number of rotatable bonds is 5. The zero-order valence-corrected chi connectivity index (χ0v) is 12.2. The van der Waals surface area contributed by atoms with Crippen LogP contribution in [0.1, 0.15) is 19.8 Å². The molecule has 0 aliphatic carbocycles. The van der Waals surface area contributed by atoms with Crippen molar-refractivity contribution in [2.24, 2.45) is 5.92 Å². The van der Waals surface area contributed by atoms with Crippen LogP contribution in [0.5, 0.6) is 0 Å². The van der Waals surface area contributed by atoms with E-state index in [9.17, 15) is 21.6 Å². The molecule has 1 atom stereocenters. The van der Waals surface area contributed by atoms with E-state index in [4.69, 9.17) is 11.6 Å². The molecule has 1 heterocycles. The molecule has 1 unspecified atom stereocenters. The molecule has 0 bridgehead atoms. The lowest BCUT2D eigenvalue weighted by Crippen LogP contribution is -2.50. The van der Waals surface area contributed by atoms with Gasteiger partial charge in [-0.15, -0.1) is 11.6 Å². The van der Waals surface area contributed by atoms with Crippen molar-refractivity contribution in [2.45, 2.75) is 25.9 Å². The molecular formula is C10H18ClF3N2O2S. The highest BCUT2D eigenvalue weighted by Gasteiger charge is 2.39. The molecule has 19 heavy (non-hydrogen) atoms. The van der Waals surface area contributed by atoms with Crippen LogP contribution >= 0.6 is 11.6 Å². The van der Waals surface area contributed by atoms with Crippen molar-refractivity contribution in [3.8, 4) is 0 Å². The molecule has 9 heteroatoms. The second-order valence-electron chi connectivity index (χ2n) is 4.75. The summed E-state index contributed by atoms with van der Waals surface area (Å²) in [5.41, 5.74) is 0. The number of hydrogen-bond acceptors (Lipinski definition) is 2. The largest absolute Gasteiger partial charge is 0.402 e. The molecule has 0 aromatic rings. The summed E-state index contributed by atoms with van der Waals surface area (Å²) in [6, 6.07) is 0. The first kappa shape index (κ1) is 17.0. The summed E-state index contributed by atoms with van der Waals surface area (Å²) in [5, 5.41) is 0. The number of halogens is 4. The van der Waals surface area contributed by atoms with Gasteiger partial charge in [-0.05, 0) is 18.8 Å². The first-order chi connectivity index (χ1) is 8.66. The number of alkyl halides is 4. The fourth-order valence-corrected chi connectivity index (χ4v) is 4.15. The van der Waals surface area contributed by atoms with Crippen LogP contribution in [0.15, 0.2) is 0 Å². The molecule has 114 valence electrons. The summed E-state index contributed by atoms with van der Waals surface area (Å²) in [6.45, 7) is 0.584. The van der Waals surface area contributed by atoms with Crippen LogP contribution in [-0.4, -0.2) is 55.3 Å². The normalized spacial score (nSPS) is 22.9. The average Bonchev–Trinajstić information content (AvgIpc) is 2.26. The monoisotopic (exact) mass is 322 g/mol. The van der Waals surface area contributed by atoms with Crippen molar-refractivity contribution >= 4 is 21.8 Å². The molecule has 0 radical (unpaired) electrons. The second kappa shape index (κ2) is 6.60. The summed E-state index contributed by atoms with van der Waals surface area (Å²) in [5.74, 6) is -0.00845. The van der Waals surface area contributed by atoms with Gasteiger partial charge >= 0.3 is 6.18 Å². The third-order valence-electron chi connectivity index (χ3n) is 2.96. The minimum absolute atomic E-state index is 0.160. The average molecular weight is 323 g/mol. The second-order valence-corrected chi connectivity index (χ2v) is 7.06. The predicted octanol–water partition coefficient (Wildman–Crippen LogP) is 2.07. The van der Waals surface area contributed by atoms with Crippen molar-refractivity contribution in [3.63, 3.8) is 0 Å². The summed E-state index contributed by atoms with van der Waals surface area (Å²) >= 11 is 5.41. The predicted molar refractivity (Wildman–Crippen MR) is 67.2 cm³/mol. The highest BCUT2D eigenvalue weighted by Crippen LogP contribution is 2.24. The quantitative estimate of drug-likeness (QED) is 0.727. The van der Waals surface area contributed by atoms with Gasteiger partial charge in [0, 0.05) is 25.5 Å². The fraction of sp³-hybridized carbons (Fsp3) is 1.00. The summed E-state index contributed by atoms with van der Waals surface area (Å²) in [6.07, 6.45) is -3.01. The standard InChI is InChI=1S/C10H18ClF3N2O2S/c1-9-3-2-5-15(7-9)19(17,18)16(6-4-11)8-10(12,13)14/h9H,2-8H2,1H3. The Morgan fingerprint density at radius 2 is 2.05 bits per heavy atom. The van der Waals surface area contributed by atoms with Crippen LogP contribution in [0.25, 0.3) is 0 Å². The van der Waals surface area contributed by atoms with E-state index >= 15 is 0 Å². The molecule has 0 aromatic heterocycles. The van der Waals surface area contributed by atoms with E-state index in [-0.39, 0.29) is 31.4 Å². The maximum absolute atomic E-state index is 12.4. The summed E-state index contributed by atoms with van der Waals surface area (Å²) < 4.78 is 63.2.